The molecule has 4 rings (SSSR count). The summed E-state index contributed by atoms with van der Waals surface area (Å²) in [5, 5.41) is 6.34. The summed E-state index contributed by atoms with van der Waals surface area (Å²) < 4.78 is 25.6. The number of rotatable bonds is 7. The minimum Gasteiger partial charge on any atom is -0.453 e. The van der Waals surface area contributed by atoms with E-state index in [4.69, 9.17) is 9.15 Å². The lowest BCUT2D eigenvalue weighted by Crippen LogP contribution is -2.36. The number of halogens is 2. The van der Waals surface area contributed by atoms with E-state index in [1.165, 1.54) is 17.8 Å². The van der Waals surface area contributed by atoms with Gasteiger partial charge in [-0.2, -0.15) is 0 Å². The van der Waals surface area contributed by atoms with Crippen molar-refractivity contribution in [1.29, 1.82) is 0 Å². The molecular weight excluding hydrogens is 548 g/mol. The molecule has 2 aromatic carbocycles. The summed E-state index contributed by atoms with van der Waals surface area (Å²) in [7, 11) is 1.67. The Balaban J connectivity index is 0.00000324. The standard InChI is InChI=1S/C25H24FN5O2.HI/c1-17-5-8-19(9-6-17)24-31-20(16-32-24)14-30-25(27-2)29-13-18-7-10-23(22(26)12-18)33-21-4-3-11-28-15-21;/h3-12,15-16H,13-14H2,1-2H3,(H2,27,29,30);1H. The lowest BCUT2D eigenvalue weighted by Gasteiger charge is -2.12. The van der Waals surface area contributed by atoms with Crippen LogP contribution in [0.1, 0.15) is 16.8 Å². The maximum absolute atomic E-state index is 14.4. The van der Waals surface area contributed by atoms with Crippen molar-refractivity contribution in [2.24, 2.45) is 4.99 Å². The van der Waals surface area contributed by atoms with Crippen molar-refractivity contribution in [3.05, 3.63) is 95.9 Å². The minimum absolute atomic E-state index is 0. The van der Waals surface area contributed by atoms with Gasteiger partial charge in [-0.15, -0.1) is 24.0 Å². The predicted molar refractivity (Wildman–Crippen MR) is 140 cm³/mol. The fraction of sp³-hybridized carbons (Fsp3) is 0.160. The molecule has 176 valence electrons. The van der Waals surface area contributed by atoms with E-state index in [2.05, 4.69) is 25.6 Å². The van der Waals surface area contributed by atoms with Gasteiger partial charge in [0.2, 0.25) is 5.89 Å². The highest BCUT2D eigenvalue weighted by atomic mass is 127. The van der Waals surface area contributed by atoms with Crippen LogP contribution in [0.3, 0.4) is 0 Å². The average molecular weight is 573 g/mol. The first-order valence-corrected chi connectivity index (χ1v) is 10.4. The molecule has 0 bridgehead atoms. The van der Waals surface area contributed by atoms with Crippen molar-refractivity contribution in [3.63, 3.8) is 0 Å². The van der Waals surface area contributed by atoms with Crippen LogP contribution in [0, 0.1) is 12.7 Å². The van der Waals surface area contributed by atoms with E-state index in [0.717, 1.165) is 16.8 Å². The molecule has 0 spiro atoms. The quantitative estimate of drug-likeness (QED) is 0.174. The SMILES string of the molecule is CN=C(NCc1ccc(Oc2cccnc2)c(F)c1)NCc1coc(-c2ccc(C)cc2)n1.I. The highest BCUT2D eigenvalue weighted by Crippen LogP contribution is 2.24. The smallest absolute Gasteiger partial charge is 0.226 e. The van der Waals surface area contributed by atoms with E-state index in [0.29, 0.717) is 30.7 Å². The van der Waals surface area contributed by atoms with E-state index >= 15 is 0 Å². The number of hydrogen-bond acceptors (Lipinski definition) is 5. The van der Waals surface area contributed by atoms with Crippen molar-refractivity contribution < 1.29 is 13.5 Å². The van der Waals surface area contributed by atoms with E-state index in [1.807, 2.05) is 31.2 Å². The van der Waals surface area contributed by atoms with Gasteiger partial charge in [-0.05, 0) is 48.9 Å². The lowest BCUT2D eigenvalue weighted by molar-refractivity contribution is 0.440. The highest BCUT2D eigenvalue weighted by Gasteiger charge is 2.09. The van der Waals surface area contributed by atoms with Crippen LogP contribution < -0.4 is 15.4 Å². The zero-order valence-electron chi connectivity index (χ0n) is 18.8. The zero-order chi connectivity index (χ0) is 23.0. The second kappa shape index (κ2) is 12.1. The van der Waals surface area contributed by atoms with Crippen LogP contribution in [-0.4, -0.2) is 23.0 Å². The molecule has 0 saturated heterocycles. The monoisotopic (exact) mass is 573 g/mol. The molecule has 0 radical (unpaired) electrons. The molecule has 9 heteroatoms. The fourth-order valence-corrected chi connectivity index (χ4v) is 3.07. The van der Waals surface area contributed by atoms with E-state index < -0.39 is 5.82 Å². The number of ether oxygens (including phenoxy) is 1. The van der Waals surface area contributed by atoms with Crippen molar-refractivity contribution in [3.8, 4) is 23.0 Å². The molecule has 0 aliphatic rings. The Hall–Kier alpha value is -3.47. The van der Waals surface area contributed by atoms with Gasteiger partial charge in [0.1, 0.15) is 12.0 Å². The lowest BCUT2D eigenvalue weighted by atomic mass is 10.1. The number of pyridine rings is 1. The fourth-order valence-electron chi connectivity index (χ4n) is 3.07. The van der Waals surface area contributed by atoms with Crippen molar-refractivity contribution in [2.45, 2.75) is 20.0 Å². The molecule has 0 unspecified atom stereocenters. The third-order valence-corrected chi connectivity index (χ3v) is 4.83. The molecule has 2 heterocycles. The Morgan fingerprint density at radius 3 is 2.59 bits per heavy atom. The van der Waals surface area contributed by atoms with Crippen LogP contribution >= 0.6 is 24.0 Å². The molecule has 34 heavy (non-hydrogen) atoms. The van der Waals surface area contributed by atoms with Gasteiger partial charge in [0.25, 0.3) is 0 Å². The number of oxazole rings is 1. The van der Waals surface area contributed by atoms with Crippen LogP contribution in [0.5, 0.6) is 11.5 Å². The molecule has 2 N–H and O–H groups in total. The van der Waals surface area contributed by atoms with Gasteiger partial charge in [0.15, 0.2) is 17.5 Å². The normalized spacial score (nSPS) is 11.0. The Morgan fingerprint density at radius 1 is 1.09 bits per heavy atom. The highest BCUT2D eigenvalue weighted by molar-refractivity contribution is 14.0. The first-order valence-electron chi connectivity index (χ1n) is 10.4. The minimum atomic E-state index is -0.452. The van der Waals surface area contributed by atoms with Crippen LogP contribution in [0.25, 0.3) is 11.5 Å². The second-order valence-corrected chi connectivity index (χ2v) is 7.34. The number of aliphatic imine (C=N–C) groups is 1. The molecule has 7 nitrogen and oxygen atoms in total. The van der Waals surface area contributed by atoms with Gasteiger partial charge < -0.3 is 19.8 Å². The number of hydrogen-bond donors (Lipinski definition) is 2. The molecule has 0 fully saturated rings. The van der Waals surface area contributed by atoms with Gasteiger partial charge in [0.05, 0.1) is 18.4 Å². The maximum atomic E-state index is 14.4. The molecule has 4 aromatic rings. The van der Waals surface area contributed by atoms with Gasteiger partial charge in [0, 0.05) is 25.4 Å². The number of guanidine groups is 1. The Kier molecular flexibility index (Phi) is 8.97. The zero-order valence-corrected chi connectivity index (χ0v) is 21.1. The second-order valence-electron chi connectivity index (χ2n) is 7.34. The number of aryl methyl sites for hydroxylation is 1. The topological polar surface area (TPSA) is 84.6 Å². The number of benzene rings is 2. The Labute approximate surface area is 214 Å². The maximum Gasteiger partial charge on any atom is 0.226 e. The summed E-state index contributed by atoms with van der Waals surface area (Å²) in [4.78, 5) is 12.7. The van der Waals surface area contributed by atoms with Crippen LogP contribution in [0.4, 0.5) is 4.39 Å². The van der Waals surface area contributed by atoms with Crippen molar-refractivity contribution in [1.82, 2.24) is 20.6 Å². The molecule has 2 aromatic heterocycles. The van der Waals surface area contributed by atoms with Gasteiger partial charge >= 0.3 is 0 Å². The molecule has 0 amide bonds. The molecular formula is C25H25FIN5O2. The summed E-state index contributed by atoms with van der Waals surface area (Å²) in [6, 6.07) is 16.3. The Morgan fingerprint density at radius 2 is 1.88 bits per heavy atom. The van der Waals surface area contributed by atoms with Gasteiger partial charge in [-0.1, -0.05) is 23.8 Å². The summed E-state index contributed by atoms with van der Waals surface area (Å²) >= 11 is 0. The van der Waals surface area contributed by atoms with E-state index in [-0.39, 0.29) is 29.7 Å². The van der Waals surface area contributed by atoms with Crippen molar-refractivity contribution >= 4 is 29.9 Å². The first kappa shape index (κ1) is 25.2. The van der Waals surface area contributed by atoms with Crippen LogP contribution in [0.15, 0.2) is 82.7 Å². The summed E-state index contributed by atoms with van der Waals surface area (Å²) in [6.07, 6.45) is 4.78. The third kappa shape index (κ3) is 6.77. The molecule has 0 atom stereocenters. The van der Waals surface area contributed by atoms with Crippen LogP contribution in [0.2, 0.25) is 0 Å². The summed E-state index contributed by atoms with van der Waals surface area (Å²) in [5.41, 5.74) is 3.60. The first-order chi connectivity index (χ1) is 16.1. The summed E-state index contributed by atoms with van der Waals surface area (Å²) in [6.45, 7) is 2.85. The molecule has 0 aliphatic carbocycles. The van der Waals surface area contributed by atoms with Crippen molar-refractivity contribution in [2.75, 3.05) is 7.05 Å². The van der Waals surface area contributed by atoms with E-state index in [1.54, 1.807) is 43.8 Å². The third-order valence-electron chi connectivity index (χ3n) is 4.83. The number of nitrogens with one attached hydrogen (secondary N) is 2. The largest absolute Gasteiger partial charge is 0.453 e. The van der Waals surface area contributed by atoms with Gasteiger partial charge in [-0.3, -0.25) is 9.98 Å². The average Bonchev–Trinajstić information content (AvgIpc) is 3.31. The summed E-state index contributed by atoms with van der Waals surface area (Å²) in [5.74, 6) is 1.30. The Bertz CT molecular complexity index is 1230. The van der Waals surface area contributed by atoms with Gasteiger partial charge in [-0.25, -0.2) is 9.37 Å². The van der Waals surface area contributed by atoms with E-state index in [9.17, 15) is 4.39 Å². The van der Waals surface area contributed by atoms with Crippen LogP contribution in [-0.2, 0) is 13.1 Å². The predicted octanol–water partition coefficient (Wildman–Crippen LogP) is 5.46. The number of nitrogens with zero attached hydrogens (tertiary/aromatic N) is 3. The molecule has 0 saturated carbocycles. The molecule has 0 aliphatic heterocycles. The number of aromatic nitrogens is 2.